The van der Waals surface area contributed by atoms with Gasteiger partial charge >= 0.3 is 0 Å². The van der Waals surface area contributed by atoms with E-state index in [9.17, 15) is 5.11 Å². The van der Waals surface area contributed by atoms with Gasteiger partial charge in [-0.15, -0.1) is 10.2 Å². The molecule has 0 bridgehead atoms. The van der Waals surface area contributed by atoms with E-state index < -0.39 is 0 Å². The molecule has 0 amide bonds. The highest BCUT2D eigenvalue weighted by Gasteiger charge is 2.32. The SMILES string of the molecule is CN(C)c1nnc(SCC(C)(CO)NC2CC2)s1. The highest BCUT2D eigenvalue weighted by atomic mass is 32.2. The molecule has 5 nitrogen and oxygen atoms in total. The molecule has 0 radical (unpaired) electrons. The van der Waals surface area contributed by atoms with Crippen LogP contribution in [0, 0.1) is 0 Å². The van der Waals surface area contributed by atoms with Crippen molar-refractivity contribution in [3.8, 4) is 0 Å². The number of hydrogen-bond acceptors (Lipinski definition) is 7. The number of anilines is 1. The Kier molecular flexibility index (Phi) is 4.47. The summed E-state index contributed by atoms with van der Waals surface area (Å²) in [7, 11) is 3.92. The van der Waals surface area contributed by atoms with Crippen LogP contribution in [0.1, 0.15) is 19.8 Å². The average molecular weight is 288 g/mol. The first-order chi connectivity index (χ1) is 8.52. The van der Waals surface area contributed by atoms with Crippen LogP contribution < -0.4 is 10.2 Å². The Hall–Kier alpha value is -0.370. The third-order valence-corrected chi connectivity index (χ3v) is 5.37. The molecule has 18 heavy (non-hydrogen) atoms. The number of aromatic nitrogens is 2. The molecule has 0 aromatic carbocycles. The molecule has 1 aromatic heterocycles. The number of thioether (sulfide) groups is 1. The number of aliphatic hydroxyl groups is 1. The van der Waals surface area contributed by atoms with Gasteiger partial charge in [-0.1, -0.05) is 23.1 Å². The Balaban J connectivity index is 1.87. The number of rotatable bonds is 7. The van der Waals surface area contributed by atoms with Crippen molar-refractivity contribution in [3.05, 3.63) is 0 Å². The van der Waals surface area contributed by atoms with Crippen molar-refractivity contribution in [3.63, 3.8) is 0 Å². The van der Waals surface area contributed by atoms with Gasteiger partial charge in [-0.05, 0) is 19.8 Å². The second kappa shape index (κ2) is 5.73. The van der Waals surface area contributed by atoms with Crippen molar-refractivity contribution < 1.29 is 5.11 Å². The molecule has 1 atom stereocenters. The fraction of sp³-hybridized carbons (Fsp3) is 0.818. The van der Waals surface area contributed by atoms with Gasteiger partial charge in [0.1, 0.15) is 0 Å². The molecule has 1 aliphatic carbocycles. The molecule has 0 saturated heterocycles. The fourth-order valence-corrected chi connectivity index (χ4v) is 3.37. The van der Waals surface area contributed by atoms with Crippen molar-refractivity contribution in [1.29, 1.82) is 0 Å². The largest absolute Gasteiger partial charge is 0.394 e. The number of nitrogens with zero attached hydrogens (tertiary/aromatic N) is 3. The molecule has 1 heterocycles. The average Bonchev–Trinajstić information content (AvgIpc) is 3.00. The van der Waals surface area contributed by atoms with Crippen LogP contribution in [0.25, 0.3) is 0 Å². The molecule has 1 aromatic rings. The summed E-state index contributed by atoms with van der Waals surface area (Å²) >= 11 is 3.24. The zero-order chi connectivity index (χ0) is 13.2. The maximum Gasteiger partial charge on any atom is 0.208 e. The molecule has 0 aliphatic heterocycles. The lowest BCUT2D eigenvalue weighted by Crippen LogP contribution is -2.49. The maximum atomic E-state index is 9.52. The van der Waals surface area contributed by atoms with Crippen molar-refractivity contribution in [2.45, 2.75) is 35.7 Å². The van der Waals surface area contributed by atoms with Crippen LogP contribution in [-0.4, -0.2) is 53.3 Å². The van der Waals surface area contributed by atoms with Crippen molar-refractivity contribution in [1.82, 2.24) is 15.5 Å². The molecule has 1 aliphatic rings. The molecule has 102 valence electrons. The molecule has 1 fully saturated rings. The zero-order valence-electron chi connectivity index (χ0n) is 11.0. The van der Waals surface area contributed by atoms with E-state index in [2.05, 4.69) is 22.4 Å². The van der Waals surface area contributed by atoms with E-state index in [1.807, 2.05) is 19.0 Å². The van der Waals surface area contributed by atoms with E-state index in [1.165, 1.54) is 12.8 Å². The van der Waals surface area contributed by atoms with E-state index in [4.69, 9.17) is 0 Å². The van der Waals surface area contributed by atoms with Crippen molar-refractivity contribution in [2.75, 3.05) is 31.4 Å². The van der Waals surface area contributed by atoms with E-state index >= 15 is 0 Å². The second-order valence-corrected chi connectivity index (χ2v) is 7.35. The molecule has 2 rings (SSSR count). The predicted octanol–water partition coefficient (Wildman–Crippen LogP) is 1.20. The fourth-order valence-electron chi connectivity index (χ4n) is 1.52. The first kappa shape index (κ1) is 14.0. The summed E-state index contributed by atoms with van der Waals surface area (Å²) in [6.07, 6.45) is 2.45. The van der Waals surface area contributed by atoms with Crippen LogP contribution >= 0.6 is 23.1 Å². The Labute approximate surface area is 116 Å². The lowest BCUT2D eigenvalue weighted by atomic mass is 10.1. The summed E-state index contributed by atoms with van der Waals surface area (Å²) < 4.78 is 0.955. The summed E-state index contributed by atoms with van der Waals surface area (Å²) in [6.45, 7) is 2.21. The van der Waals surface area contributed by atoms with Gasteiger partial charge in [0.2, 0.25) is 5.13 Å². The van der Waals surface area contributed by atoms with Gasteiger partial charge in [-0.3, -0.25) is 0 Å². The summed E-state index contributed by atoms with van der Waals surface area (Å²) in [6, 6.07) is 0.592. The maximum absolute atomic E-state index is 9.52. The highest BCUT2D eigenvalue weighted by Crippen LogP contribution is 2.30. The summed E-state index contributed by atoms with van der Waals surface area (Å²) in [5.74, 6) is 0.808. The predicted molar refractivity (Wildman–Crippen MR) is 76.6 cm³/mol. The lowest BCUT2D eigenvalue weighted by molar-refractivity contribution is 0.190. The van der Waals surface area contributed by atoms with Gasteiger partial charge in [0.25, 0.3) is 0 Å². The molecule has 1 saturated carbocycles. The summed E-state index contributed by atoms with van der Waals surface area (Å²) in [5.41, 5.74) is -0.226. The van der Waals surface area contributed by atoms with Crippen LogP contribution in [0.4, 0.5) is 5.13 Å². The van der Waals surface area contributed by atoms with Gasteiger partial charge in [0.15, 0.2) is 4.34 Å². The first-order valence-electron chi connectivity index (χ1n) is 6.04. The van der Waals surface area contributed by atoms with Gasteiger partial charge in [-0.2, -0.15) is 0 Å². The van der Waals surface area contributed by atoms with E-state index in [-0.39, 0.29) is 12.1 Å². The van der Waals surface area contributed by atoms with Crippen LogP contribution in [0.5, 0.6) is 0 Å². The Morgan fingerprint density at radius 1 is 1.50 bits per heavy atom. The third-order valence-electron chi connectivity index (χ3n) is 2.77. The summed E-state index contributed by atoms with van der Waals surface area (Å²) in [5, 5.41) is 22.2. The molecular formula is C11H20N4OS2. The molecular weight excluding hydrogens is 268 g/mol. The molecule has 1 unspecified atom stereocenters. The molecule has 7 heteroatoms. The second-order valence-electron chi connectivity index (χ2n) is 5.17. The number of nitrogens with one attached hydrogen (secondary N) is 1. The summed E-state index contributed by atoms with van der Waals surface area (Å²) in [4.78, 5) is 1.95. The van der Waals surface area contributed by atoms with Crippen molar-refractivity contribution in [2.24, 2.45) is 0 Å². The Morgan fingerprint density at radius 2 is 2.22 bits per heavy atom. The van der Waals surface area contributed by atoms with Gasteiger partial charge in [0.05, 0.1) is 6.61 Å². The monoisotopic (exact) mass is 288 g/mol. The molecule has 0 spiro atoms. The van der Waals surface area contributed by atoms with Gasteiger partial charge in [0, 0.05) is 31.4 Å². The molecule has 2 N–H and O–H groups in total. The highest BCUT2D eigenvalue weighted by molar-refractivity contribution is 8.01. The van der Waals surface area contributed by atoms with E-state index in [0.717, 1.165) is 15.2 Å². The lowest BCUT2D eigenvalue weighted by Gasteiger charge is -2.28. The smallest absolute Gasteiger partial charge is 0.208 e. The van der Waals surface area contributed by atoms with Crippen LogP contribution in [0.3, 0.4) is 0 Å². The Bertz CT molecular complexity index is 394. The topological polar surface area (TPSA) is 61.3 Å². The minimum absolute atomic E-state index is 0.149. The number of hydrogen-bond donors (Lipinski definition) is 2. The van der Waals surface area contributed by atoms with Gasteiger partial charge < -0.3 is 15.3 Å². The van der Waals surface area contributed by atoms with Crippen LogP contribution in [-0.2, 0) is 0 Å². The van der Waals surface area contributed by atoms with Crippen LogP contribution in [0.15, 0.2) is 4.34 Å². The quantitative estimate of drug-likeness (QED) is 0.735. The van der Waals surface area contributed by atoms with Crippen LogP contribution in [0.2, 0.25) is 0 Å². The van der Waals surface area contributed by atoms with Gasteiger partial charge in [-0.25, -0.2) is 0 Å². The first-order valence-corrected chi connectivity index (χ1v) is 7.85. The minimum Gasteiger partial charge on any atom is -0.394 e. The normalized spacial score (nSPS) is 18.7. The zero-order valence-corrected chi connectivity index (χ0v) is 12.6. The van der Waals surface area contributed by atoms with E-state index in [0.29, 0.717) is 6.04 Å². The third kappa shape index (κ3) is 3.81. The van der Waals surface area contributed by atoms with Crippen molar-refractivity contribution >= 4 is 28.2 Å². The van der Waals surface area contributed by atoms with E-state index in [1.54, 1.807) is 23.1 Å². The minimum atomic E-state index is -0.226. The Morgan fingerprint density at radius 3 is 2.72 bits per heavy atom. The number of aliphatic hydroxyl groups excluding tert-OH is 1. The standard InChI is InChI=1S/C11H20N4OS2/c1-11(6-16,12-8-4-5-8)7-17-10-14-13-9(18-10)15(2)3/h8,12,16H,4-7H2,1-3H3.